The molecule has 2 aromatic heterocycles. The van der Waals surface area contributed by atoms with Crippen LogP contribution in [-0.4, -0.2) is 48.3 Å². The van der Waals surface area contributed by atoms with Gasteiger partial charge in [-0.25, -0.2) is 4.68 Å². The summed E-state index contributed by atoms with van der Waals surface area (Å²) in [6, 6.07) is 5.98. The predicted molar refractivity (Wildman–Crippen MR) is 127 cm³/mol. The van der Waals surface area contributed by atoms with Gasteiger partial charge in [0.15, 0.2) is 5.82 Å². The number of aliphatic hydroxyl groups excluding tert-OH is 1. The normalized spacial score (nSPS) is 13.2. The number of benzene rings is 1. The fraction of sp³-hybridized carbons (Fsp3) is 0.583. The van der Waals surface area contributed by atoms with Gasteiger partial charge < -0.3 is 10.1 Å². The molecule has 1 atom stereocenters. The highest BCUT2D eigenvalue weighted by molar-refractivity contribution is 5.83. The average Bonchev–Trinajstić information content (AvgIpc) is 3.26. The van der Waals surface area contributed by atoms with Crippen molar-refractivity contribution in [2.45, 2.75) is 78.9 Å². The molecule has 0 aliphatic rings. The van der Waals surface area contributed by atoms with Gasteiger partial charge in [-0.1, -0.05) is 32.4 Å². The van der Waals surface area contributed by atoms with Crippen LogP contribution in [0.4, 0.5) is 0 Å². The zero-order valence-corrected chi connectivity index (χ0v) is 20.1. The van der Waals surface area contributed by atoms with Crippen LogP contribution in [0.3, 0.4) is 0 Å². The lowest BCUT2D eigenvalue weighted by Crippen LogP contribution is -2.37. The number of aryl methyl sites for hydroxylation is 2. The van der Waals surface area contributed by atoms with Crippen molar-refractivity contribution >= 4 is 10.9 Å². The van der Waals surface area contributed by atoms with Gasteiger partial charge in [0.1, 0.15) is 0 Å². The number of aromatic amines is 1. The van der Waals surface area contributed by atoms with Gasteiger partial charge in [-0.05, 0) is 73.5 Å². The van der Waals surface area contributed by atoms with E-state index in [9.17, 15) is 9.90 Å². The molecule has 0 radical (unpaired) electrons. The minimum atomic E-state index is -0.231. The van der Waals surface area contributed by atoms with Crippen LogP contribution in [0.25, 0.3) is 10.9 Å². The second-order valence-electron chi connectivity index (χ2n) is 9.21. The molecule has 0 amide bonds. The number of pyridine rings is 1. The van der Waals surface area contributed by atoms with Gasteiger partial charge in [-0.15, -0.1) is 5.10 Å². The fourth-order valence-electron chi connectivity index (χ4n) is 4.11. The van der Waals surface area contributed by atoms with Crippen molar-refractivity contribution in [3.05, 3.63) is 51.1 Å². The molecule has 0 unspecified atom stereocenters. The van der Waals surface area contributed by atoms with Crippen LogP contribution < -0.4 is 5.56 Å². The molecule has 2 heterocycles. The summed E-state index contributed by atoms with van der Waals surface area (Å²) in [5.41, 5.74) is 3.46. The maximum atomic E-state index is 13.0. The highest BCUT2D eigenvalue weighted by Crippen LogP contribution is 2.30. The van der Waals surface area contributed by atoms with E-state index >= 15 is 0 Å². The number of aliphatic hydroxyl groups is 1. The monoisotopic (exact) mass is 440 g/mol. The third kappa shape index (κ3) is 4.76. The van der Waals surface area contributed by atoms with Crippen molar-refractivity contribution in [3.63, 3.8) is 0 Å². The van der Waals surface area contributed by atoms with Crippen LogP contribution in [0.15, 0.2) is 23.0 Å². The second-order valence-corrected chi connectivity index (χ2v) is 9.21. The molecular formula is C24H36N6O2. The number of nitrogens with zero attached hydrogens (tertiary/aromatic N) is 5. The van der Waals surface area contributed by atoms with E-state index < -0.39 is 0 Å². The van der Waals surface area contributed by atoms with E-state index in [-0.39, 0.29) is 23.7 Å². The Balaban J connectivity index is 2.03. The van der Waals surface area contributed by atoms with Gasteiger partial charge in [-0.2, -0.15) is 0 Å². The van der Waals surface area contributed by atoms with Crippen molar-refractivity contribution in [2.75, 3.05) is 13.2 Å². The molecule has 8 heteroatoms. The summed E-state index contributed by atoms with van der Waals surface area (Å²) >= 11 is 0. The van der Waals surface area contributed by atoms with Crippen molar-refractivity contribution in [2.24, 2.45) is 0 Å². The van der Waals surface area contributed by atoms with Gasteiger partial charge in [0.05, 0.1) is 23.7 Å². The molecule has 1 aromatic carbocycles. The first-order valence-electron chi connectivity index (χ1n) is 11.5. The minimum Gasteiger partial charge on any atom is -0.395 e. The Kier molecular flexibility index (Phi) is 7.46. The molecule has 174 valence electrons. The topological polar surface area (TPSA) is 99.9 Å². The SMILES string of the molecule is CCC[C@H](c1nnnn1C(C)(C)CC)N(CCO)Cc1cc2ccc(C)c(C)c2[nH]c1=O. The van der Waals surface area contributed by atoms with Crippen LogP contribution in [0.2, 0.25) is 0 Å². The van der Waals surface area contributed by atoms with Crippen molar-refractivity contribution in [1.29, 1.82) is 0 Å². The number of hydrogen-bond acceptors (Lipinski definition) is 6. The summed E-state index contributed by atoms with van der Waals surface area (Å²) in [6.07, 6.45) is 2.63. The highest BCUT2D eigenvalue weighted by atomic mass is 16.3. The molecule has 0 saturated carbocycles. The van der Waals surface area contributed by atoms with E-state index in [2.05, 4.69) is 59.2 Å². The summed E-state index contributed by atoms with van der Waals surface area (Å²) in [5.74, 6) is 0.774. The maximum absolute atomic E-state index is 13.0. The average molecular weight is 441 g/mol. The van der Waals surface area contributed by atoms with E-state index in [1.165, 1.54) is 0 Å². The van der Waals surface area contributed by atoms with Gasteiger partial charge in [0.2, 0.25) is 0 Å². The van der Waals surface area contributed by atoms with E-state index in [1.54, 1.807) is 0 Å². The van der Waals surface area contributed by atoms with Crippen molar-refractivity contribution in [1.82, 2.24) is 30.1 Å². The van der Waals surface area contributed by atoms with Crippen LogP contribution in [0, 0.1) is 13.8 Å². The summed E-state index contributed by atoms with van der Waals surface area (Å²) in [6.45, 7) is 13.4. The first kappa shape index (κ1) is 24.1. The van der Waals surface area contributed by atoms with Gasteiger partial charge in [-0.3, -0.25) is 9.69 Å². The molecule has 2 N–H and O–H groups in total. The lowest BCUT2D eigenvalue weighted by Gasteiger charge is -2.33. The number of tetrazole rings is 1. The first-order chi connectivity index (χ1) is 15.2. The van der Waals surface area contributed by atoms with E-state index in [0.717, 1.165) is 47.1 Å². The number of fused-ring (bicyclic) bond motifs is 1. The van der Waals surface area contributed by atoms with Gasteiger partial charge in [0, 0.05) is 18.7 Å². The molecule has 0 spiro atoms. The Morgan fingerprint density at radius 3 is 2.66 bits per heavy atom. The third-order valence-corrected chi connectivity index (χ3v) is 6.62. The van der Waals surface area contributed by atoms with Gasteiger partial charge in [0.25, 0.3) is 5.56 Å². The largest absolute Gasteiger partial charge is 0.395 e. The number of aromatic nitrogens is 5. The van der Waals surface area contributed by atoms with Gasteiger partial charge >= 0.3 is 0 Å². The Labute approximate surface area is 189 Å². The smallest absolute Gasteiger partial charge is 0.252 e. The zero-order valence-electron chi connectivity index (χ0n) is 20.1. The summed E-state index contributed by atoms with van der Waals surface area (Å²) < 4.78 is 1.90. The minimum absolute atomic E-state index is 0.0112. The Morgan fingerprint density at radius 1 is 1.25 bits per heavy atom. The third-order valence-electron chi connectivity index (χ3n) is 6.62. The standard InChI is InChI=1S/C24H36N6O2/c1-7-9-20(22-26-27-28-30(22)24(5,6)8-2)29(12-13-31)15-19-14-18-11-10-16(3)17(4)21(18)25-23(19)32/h10-11,14,20,31H,7-9,12-13,15H2,1-6H3,(H,25,32)/t20-/m1/s1. The summed E-state index contributed by atoms with van der Waals surface area (Å²) in [5, 5.41) is 23.5. The molecule has 0 aliphatic heterocycles. The summed E-state index contributed by atoms with van der Waals surface area (Å²) in [4.78, 5) is 18.2. The molecule has 0 saturated heterocycles. The van der Waals surface area contributed by atoms with Crippen LogP contribution >= 0.6 is 0 Å². The number of rotatable bonds is 10. The zero-order chi connectivity index (χ0) is 23.5. The molecule has 0 bridgehead atoms. The Hall–Kier alpha value is -2.58. The lowest BCUT2D eigenvalue weighted by atomic mass is 10.0. The number of hydrogen-bond donors (Lipinski definition) is 2. The second kappa shape index (κ2) is 9.92. The quantitative estimate of drug-likeness (QED) is 0.500. The van der Waals surface area contributed by atoms with Crippen molar-refractivity contribution in [3.8, 4) is 0 Å². The maximum Gasteiger partial charge on any atom is 0.252 e. The molecule has 3 aromatic rings. The molecule has 8 nitrogen and oxygen atoms in total. The first-order valence-corrected chi connectivity index (χ1v) is 11.5. The van der Waals surface area contributed by atoms with E-state index in [0.29, 0.717) is 18.7 Å². The molecule has 32 heavy (non-hydrogen) atoms. The predicted octanol–water partition coefficient (Wildman–Crippen LogP) is 3.61. The molecular weight excluding hydrogens is 404 g/mol. The van der Waals surface area contributed by atoms with E-state index in [4.69, 9.17) is 0 Å². The highest BCUT2D eigenvalue weighted by Gasteiger charge is 2.31. The molecule has 3 rings (SSSR count). The Morgan fingerprint density at radius 2 is 2.00 bits per heavy atom. The van der Waals surface area contributed by atoms with Crippen LogP contribution in [-0.2, 0) is 12.1 Å². The molecule has 0 fully saturated rings. The fourth-order valence-corrected chi connectivity index (χ4v) is 4.11. The molecule has 0 aliphatic carbocycles. The summed E-state index contributed by atoms with van der Waals surface area (Å²) in [7, 11) is 0. The Bertz CT molecular complexity index is 1120. The number of nitrogens with one attached hydrogen (secondary N) is 1. The van der Waals surface area contributed by atoms with E-state index in [1.807, 2.05) is 30.7 Å². The van der Waals surface area contributed by atoms with Crippen molar-refractivity contribution < 1.29 is 5.11 Å². The lowest BCUT2D eigenvalue weighted by molar-refractivity contribution is 0.122. The van der Waals surface area contributed by atoms with Crippen LogP contribution in [0.1, 0.15) is 75.5 Å². The number of H-pyrrole nitrogens is 1. The van der Waals surface area contributed by atoms with Crippen LogP contribution in [0.5, 0.6) is 0 Å².